The van der Waals surface area contributed by atoms with E-state index in [0.717, 1.165) is 0 Å². The van der Waals surface area contributed by atoms with Crippen LogP contribution in [-0.2, 0) is 14.8 Å². The molecule has 0 aliphatic carbocycles. The highest BCUT2D eigenvalue weighted by atomic mass is 32.2. The van der Waals surface area contributed by atoms with Gasteiger partial charge in [-0.05, 0) is 30.7 Å². The number of carbonyl (C=O) groups is 2. The molecule has 0 unspecified atom stereocenters. The van der Waals surface area contributed by atoms with Crippen molar-refractivity contribution in [2.75, 3.05) is 7.05 Å². The Bertz CT molecular complexity index is 1200. The quantitative estimate of drug-likeness (QED) is 0.557. The highest BCUT2D eigenvalue weighted by Crippen LogP contribution is 2.35. The van der Waals surface area contributed by atoms with Crippen molar-refractivity contribution in [1.29, 1.82) is 0 Å². The number of carbonyl (C=O) groups excluding carboxylic acids is 2. The molecule has 3 rings (SSSR count). The van der Waals surface area contributed by atoms with Gasteiger partial charge in [-0.2, -0.15) is 0 Å². The molecular weight excluding hydrogens is 406 g/mol. The molecular formula is C21H21N3O5S. The number of aryl methyl sites for hydroxylation is 1. The molecule has 30 heavy (non-hydrogen) atoms. The van der Waals surface area contributed by atoms with E-state index in [1.807, 2.05) is 0 Å². The molecule has 0 fully saturated rings. The van der Waals surface area contributed by atoms with Crippen molar-refractivity contribution in [2.45, 2.75) is 24.7 Å². The van der Waals surface area contributed by atoms with Gasteiger partial charge in [0, 0.05) is 31.0 Å². The number of hydrogen-bond donors (Lipinski definition) is 2. The standard InChI is InChI=1S/C21H21N3O5S/c1-13-20(14-6-8-17(9-7-14)30(22,27)28)21(24-29-13)16-5-3-4-15(12-16)18(25)10-11-19(26)23-2/h3-9,12H,10-11H2,1-2H3,(H,23,26)(H2,22,27,28). The number of aromatic nitrogens is 1. The molecule has 3 aromatic rings. The third-order valence-electron chi connectivity index (χ3n) is 4.65. The Morgan fingerprint density at radius 2 is 1.77 bits per heavy atom. The lowest BCUT2D eigenvalue weighted by Gasteiger charge is -2.06. The molecule has 0 spiro atoms. The first-order valence-electron chi connectivity index (χ1n) is 9.14. The van der Waals surface area contributed by atoms with Gasteiger partial charge < -0.3 is 9.84 Å². The minimum Gasteiger partial charge on any atom is -0.360 e. The Labute approximate surface area is 174 Å². The maximum absolute atomic E-state index is 12.4. The molecule has 2 aromatic carbocycles. The van der Waals surface area contributed by atoms with Gasteiger partial charge in [0.1, 0.15) is 11.5 Å². The van der Waals surface area contributed by atoms with Crippen LogP contribution >= 0.6 is 0 Å². The van der Waals surface area contributed by atoms with Gasteiger partial charge in [0.2, 0.25) is 15.9 Å². The maximum atomic E-state index is 12.4. The largest absolute Gasteiger partial charge is 0.360 e. The highest BCUT2D eigenvalue weighted by Gasteiger charge is 2.19. The van der Waals surface area contributed by atoms with Crippen LogP contribution in [0.3, 0.4) is 0 Å². The number of hydrogen-bond acceptors (Lipinski definition) is 6. The van der Waals surface area contributed by atoms with E-state index in [0.29, 0.717) is 33.7 Å². The van der Waals surface area contributed by atoms with E-state index in [1.165, 1.54) is 19.2 Å². The topological polar surface area (TPSA) is 132 Å². The molecule has 1 aromatic heterocycles. The second kappa shape index (κ2) is 8.60. The molecule has 0 aliphatic rings. The van der Waals surface area contributed by atoms with E-state index in [1.54, 1.807) is 43.3 Å². The molecule has 8 nitrogen and oxygen atoms in total. The number of amides is 1. The van der Waals surface area contributed by atoms with Crippen LogP contribution in [0, 0.1) is 6.92 Å². The van der Waals surface area contributed by atoms with Crippen molar-refractivity contribution < 1.29 is 22.5 Å². The van der Waals surface area contributed by atoms with E-state index >= 15 is 0 Å². The predicted octanol–water partition coefficient (Wildman–Crippen LogP) is 2.67. The summed E-state index contributed by atoms with van der Waals surface area (Å²) in [4.78, 5) is 23.8. The fourth-order valence-corrected chi connectivity index (χ4v) is 3.57. The van der Waals surface area contributed by atoms with E-state index in [2.05, 4.69) is 10.5 Å². The van der Waals surface area contributed by atoms with Gasteiger partial charge in [0.15, 0.2) is 5.78 Å². The SMILES string of the molecule is CNC(=O)CCC(=O)c1cccc(-c2noc(C)c2-c2ccc(S(N)(=O)=O)cc2)c1. The number of primary sulfonamides is 1. The molecule has 0 saturated heterocycles. The van der Waals surface area contributed by atoms with Gasteiger partial charge >= 0.3 is 0 Å². The summed E-state index contributed by atoms with van der Waals surface area (Å²) in [6.45, 7) is 1.75. The summed E-state index contributed by atoms with van der Waals surface area (Å²) in [6.07, 6.45) is 0.215. The lowest BCUT2D eigenvalue weighted by molar-refractivity contribution is -0.120. The maximum Gasteiger partial charge on any atom is 0.238 e. The second-order valence-electron chi connectivity index (χ2n) is 6.71. The smallest absolute Gasteiger partial charge is 0.238 e. The minimum absolute atomic E-state index is 0.00520. The summed E-state index contributed by atoms with van der Waals surface area (Å²) in [7, 11) is -2.27. The van der Waals surface area contributed by atoms with Gasteiger partial charge in [-0.3, -0.25) is 9.59 Å². The number of nitrogens with one attached hydrogen (secondary N) is 1. The number of nitrogens with two attached hydrogens (primary N) is 1. The average molecular weight is 427 g/mol. The van der Waals surface area contributed by atoms with Crippen molar-refractivity contribution in [3.05, 3.63) is 59.9 Å². The third-order valence-corrected chi connectivity index (χ3v) is 5.58. The summed E-state index contributed by atoms with van der Waals surface area (Å²) < 4.78 is 28.3. The number of nitrogens with zero attached hydrogens (tertiary/aromatic N) is 1. The zero-order valence-electron chi connectivity index (χ0n) is 16.5. The monoisotopic (exact) mass is 427 g/mol. The molecule has 1 heterocycles. The van der Waals surface area contributed by atoms with E-state index in [4.69, 9.17) is 9.66 Å². The van der Waals surface area contributed by atoms with Gasteiger partial charge in [-0.15, -0.1) is 0 Å². The fourth-order valence-electron chi connectivity index (χ4n) is 3.06. The Kier molecular flexibility index (Phi) is 6.14. The molecule has 0 atom stereocenters. The Balaban J connectivity index is 1.95. The Morgan fingerprint density at radius 3 is 2.40 bits per heavy atom. The third kappa shape index (κ3) is 4.64. The first-order chi connectivity index (χ1) is 14.2. The zero-order valence-corrected chi connectivity index (χ0v) is 17.3. The minimum atomic E-state index is -3.79. The van der Waals surface area contributed by atoms with E-state index < -0.39 is 10.0 Å². The fraction of sp³-hybridized carbons (Fsp3) is 0.190. The zero-order chi connectivity index (χ0) is 21.9. The van der Waals surface area contributed by atoms with Crippen LogP contribution in [0.15, 0.2) is 57.9 Å². The molecule has 3 N–H and O–H groups in total. The molecule has 0 saturated carbocycles. The van der Waals surface area contributed by atoms with Crippen LogP contribution in [0.4, 0.5) is 0 Å². The van der Waals surface area contributed by atoms with Crippen LogP contribution in [-0.4, -0.2) is 32.3 Å². The highest BCUT2D eigenvalue weighted by molar-refractivity contribution is 7.89. The molecule has 1 amide bonds. The number of Topliss-reactive ketones (excluding diaryl/α,β-unsaturated/α-hetero) is 1. The van der Waals surface area contributed by atoms with Crippen LogP contribution in [0.5, 0.6) is 0 Å². The Hall–Kier alpha value is -3.30. The normalized spacial score (nSPS) is 11.3. The summed E-state index contributed by atoms with van der Waals surface area (Å²) in [5.74, 6) is 0.196. The number of rotatable bonds is 7. The Morgan fingerprint density at radius 1 is 1.07 bits per heavy atom. The lowest BCUT2D eigenvalue weighted by atomic mass is 9.97. The van der Waals surface area contributed by atoms with Crippen molar-refractivity contribution in [3.8, 4) is 22.4 Å². The molecule has 156 valence electrons. The van der Waals surface area contributed by atoms with Crippen molar-refractivity contribution >= 4 is 21.7 Å². The van der Waals surface area contributed by atoms with E-state index in [-0.39, 0.29) is 29.4 Å². The van der Waals surface area contributed by atoms with Crippen LogP contribution < -0.4 is 10.5 Å². The summed E-state index contributed by atoms with van der Waals surface area (Å²) >= 11 is 0. The first kappa shape index (κ1) is 21.4. The second-order valence-corrected chi connectivity index (χ2v) is 8.27. The predicted molar refractivity (Wildman–Crippen MR) is 111 cm³/mol. The van der Waals surface area contributed by atoms with Crippen molar-refractivity contribution in [2.24, 2.45) is 5.14 Å². The summed E-state index contributed by atoms with van der Waals surface area (Å²) in [6, 6.07) is 13.0. The molecule has 0 bridgehead atoms. The number of sulfonamides is 1. The summed E-state index contributed by atoms with van der Waals surface area (Å²) in [5.41, 5.74) is 3.05. The van der Waals surface area contributed by atoms with Gasteiger partial charge in [0.25, 0.3) is 0 Å². The average Bonchev–Trinajstić information content (AvgIpc) is 3.12. The van der Waals surface area contributed by atoms with Crippen molar-refractivity contribution in [3.63, 3.8) is 0 Å². The van der Waals surface area contributed by atoms with Gasteiger partial charge in [-0.1, -0.05) is 35.5 Å². The van der Waals surface area contributed by atoms with Gasteiger partial charge in [0.05, 0.1) is 10.5 Å². The van der Waals surface area contributed by atoms with Gasteiger partial charge in [-0.25, -0.2) is 13.6 Å². The molecule has 0 radical (unpaired) electrons. The lowest BCUT2D eigenvalue weighted by Crippen LogP contribution is -2.18. The van der Waals surface area contributed by atoms with Crippen LogP contribution in [0.25, 0.3) is 22.4 Å². The van der Waals surface area contributed by atoms with Crippen molar-refractivity contribution in [1.82, 2.24) is 10.5 Å². The number of ketones is 1. The first-order valence-corrected chi connectivity index (χ1v) is 10.7. The van der Waals surface area contributed by atoms with Crippen LogP contribution in [0.2, 0.25) is 0 Å². The van der Waals surface area contributed by atoms with Crippen LogP contribution in [0.1, 0.15) is 29.0 Å². The summed E-state index contributed by atoms with van der Waals surface area (Å²) in [5, 5.41) is 11.8. The number of benzene rings is 2. The molecule has 0 aliphatic heterocycles. The van der Waals surface area contributed by atoms with E-state index in [9.17, 15) is 18.0 Å². The molecule has 9 heteroatoms.